The Morgan fingerprint density at radius 2 is 1.23 bits per heavy atom. The summed E-state index contributed by atoms with van der Waals surface area (Å²) in [5.74, 6) is 1.42. The smallest absolute Gasteiger partial charge is 0.244 e. The summed E-state index contributed by atoms with van der Waals surface area (Å²) in [6.45, 7) is 0. The molecule has 4 nitrogen and oxygen atoms in total. The van der Waals surface area contributed by atoms with Gasteiger partial charge < -0.3 is 11.4 Å². The summed E-state index contributed by atoms with van der Waals surface area (Å²) in [5, 5.41) is 3.04. The second-order valence-electron chi connectivity index (χ2n) is 5.95. The van der Waals surface area contributed by atoms with Gasteiger partial charge in [-0.3, -0.25) is 4.79 Å². The van der Waals surface area contributed by atoms with Crippen LogP contribution in [-0.2, 0) is 10.2 Å². The summed E-state index contributed by atoms with van der Waals surface area (Å²) in [6.07, 6.45) is 0. The standard InChI is InChI=1S/C20H13I2NO3/c21-25-15-9-5-13(6-10-15)20(14-7-11-16(26-22)12-8-14)17-3-1-2-4-18(17)23-19(20)24/h1-12H,(H,23,24). The average molecular weight is 569 g/mol. The molecule has 6 heteroatoms. The average Bonchev–Trinajstić information content (AvgIpc) is 3.00. The first-order valence-electron chi connectivity index (χ1n) is 7.89. The zero-order valence-electron chi connectivity index (χ0n) is 13.4. The van der Waals surface area contributed by atoms with Crippen molar-refractivity contribution < 1.29 is 10.9 Å². The van der Waals surface area contributed by atoms with Crippen LogP contribution < -0.4 is 11.4 Å². The van der Waals surface area contributed by atoms with E-state index >= 15 is 0 Å². The number of benzene rings is 3. The molecular formula is C20H13I2NO3. The lowest BCUT2D eigenvalue weighted by Gasteiger charge is -2.29. The molecule has 1 aliphatic heterocycles. The molecule has 0 radical (unpaired) electrons. The van der Waals surface area contributed by atoms with Crippen molar-refractivity contribution in [2.75, 3.05) is 5.32 Å². The molecular weight excluding hydrogens is 556 g/mol. The van der Waals surface area contributed by atoms with Gasteiger partial charge in [0.25, 0.3) is 0 Å². The molecule has 1 amide bonds. The van der Waals surface area contributed by atoms with E-state index in [9.17, 15) is 4.79 Å². The number of nitrogens with one attached hydrogen (secondary N) is 1. The Morgan fingerprint density at radius 1 is 0.731 bits per heavy atom. The number of carbonyl (C=O) groups excluding carboxylic acids is 1. The molecule has 3 aromatic carbocycles. The van der Waals surface area contributed by atoms with Crippen LogP contribution in [0.2, 0.25) is 0 Å². The number of rotatable bonds is 4. The molecule has 26 heavy (non-hydrogen) atoms. The van der Waals surface area contributed by atoms with E-state index in [1.807, 2.05) is 119 Å². The lowest BCUT2D eigenvalue weighted by atomic mass is 9.70. The summed E-state index contributed by atoms with van der Waals surface area (Å²) in [4.78, 5) is 13.3. The van der Waals surface area contributed by atoms with Gasteiger partial charge in [0.05, 0.1) is 0 Å². The highest BCUT2D eigenvalue weighted by molar-refractivity contribution is 14.1. The molecule has 0 atom stereocenters. The van der Waals surface area contributed by atoms with Gasteiger partial charge in [-0.1, -0.05) is 42.5 Å². The van der Waals surface area contributed by atoms with Crippen LogP contribution in [0.1, 0.15) is 16.7 Å². The van der Waals surface area contributed by atoms with Gasteiger partial charge in [0, 0.05) is 11.3 Å². The fourth-order valence-corrected chi connectivity index (χ4v) is 4.10. The van der Waals surface area contributed by atoms with Crippen LogP contribution in [0, 0.1) is 0 Å². The summed E-state index contributed by atoms with van der Waals surface area (Å²) >= 11 is 3.69. The topological polar surface area (TPSA) is 47.6 Å². The van der Waals surface area contributed by atoms with E-state index < -0.39 is 5.41 Å². The van der Waals surface area contributed by atoms with Crippen LogP contribution >= 0.6 is 46.0 Å². The van der Waals surface area contributed by atoms with Crippen LogP contribution in [0.5, 0.6) is 11.5 Å². The molecule has 0 fully saturated rings. The Kier molecular flexibility index (Phi) is 4.78. The molecule has 1 aliphatic rings. The fourth-order valence-electron chi connectivity index (χ4n) is 3.51. The molecule has 0 spiro atoms. The number of anilines is 1. The van der Waals surface area contributed by atoms with E-state index in [0.29, 0.717) is 0 Å². The van der Waals surface area contributed by atoms with Crippen molar-refractivity contribution in [1.29, 1.82) is 0 Å². The van der Waals surface area contributed by atoms with Gasteiger partial charge in [0.2, 0.25) is 5.91 Å². The molecule has 0 bridgehead atoms. The second kappa shape index (κ2) is 7.07. The molecule has 3 aromatic rings. The van der Waals surface area contributed by atoms with Crippen LogP contribution in [0.4, 0.5) is 5.69 Å². The first kappa shape index (κ1) is 17.6. The first-order valence-corrected chi connectivity index (χ1v) is 9.65. The number of carbonyl (C=O) groups is 1. The summed E-state index contributed by atoms with van der Waals surface area (Å²) in [7, 11) is 0. The number of fused-ring (bicyclic) bond motifs is 1. The van der Waals surface area contributed by atoms with Crippen molar-refractivity contribution in [2.45, 2.75) is 5.41 Å². The zero-order valence-corrected chi connectivity index (χ0v) is 17.7. The van der Waals surface area contributed by atoms with Gasteiger partial charge in [-0.25, -0.2) is 0 Å². The highest BCUT2D eigenvalue weighted by Crippen LogP contribution is 2.48. The van der Waals surface area contributed by atoms with Gasteiger partial charge in [-0.05, 0) is 41.5 Å². The van der Waals surface area contributed by atoms with Crippen LogP contribution in [-0.4, -0.2) is 5.91 Å². The Balaban J connectivity index is 1.99. The van der Waals surface area contributed by atoms with Crippen molar-refractivity contribution in [3.63, 3.8) is 0 Å². The molecule has 1 heterocycles. The number of para-hydroxylation sites is 1. The molecule has 0 aromatic heterocycles. The van der Waals surface area contributed by atoms with E-state index in [-0.39, 0.29) is 5.91 Å². The number of halogens is 2. The van der Waals surface area contributed by atoms with Crippen LogP contribution in [0.15, 0.2) is 72.8 Å². The summed E-state index contributed by atoms with van der Waals surface area (Å²) in [6, 6.07) is 23.1. The van der Waals surface area contributed by atoms with E-state index in [0.717, 1.165) is 33.9 Å². The van der Waals surface area contributed by atoms with Gasteiger partial charge in [0.15, 0.2) is 46.0 Å². The molecule has 0 saturated carbocycles. The van der Waals surface area contributed by atoms with Crippen molar-refractivity contribution in [3.05, 3.63) is 89.5 Å². The molecule has 130 valence electrons. The Bertz CT molecular complexity index is 908. The molecule has 0 aliphatic carbocycles. The fraction of sp³-hybridized carbons (Fsp3) is 0.0500. The highest BCUT2D eigenvalue weighted by atomic mass is 127. The number of hydrogen-bond acceptors (Lipinski definition) is 3. The Hall–Kier alpha value is -1.81. The van der Waals surface area contributed by atoms with Gasteiger partial charge in [-0.2, -0.15) is 0 Å². The van der Waals surface area contributed by atoms with Crippen molar-refractivity contribution in [3.8, 4) is 11.5 Å². The third-order valence-corrected chi connectivity index (χ3v) is 5.69. The summed E-state index contributed by atoms with van der Waals surface area (Å²) < 4.78 is 10.5. The van der Waals surface area contributed by atoms with Crippen molar-refractivity contribution >= 4 is 57.6 Å². The second-order valence-corrected chi connectivity index (χ2v) is 6.83. The molecule has 0 saturated heterocycles. The van der Waals surface area contributed by atoms with Gasteiger partial charge in [-0.15, -0.1) is 0 Å². The maximum absolute atomic E-state index is 13.3. The van der Waals surface area contributed by atoms with Crippen LogP contribution in [0.25, 0.3) is 0 Å². The minimum atomic E-state index is -0.913. The van der Waals surface area contributed by atoms with E-state index in [1.54, 1.807) is 0 Å². The predicted octanol–water partition coefficient (Wildman–Crippen LogP) is 5.43. The quantitative estimate of drug-likeness (QED) is 0.427. The number of amides is 1. The maximum Gasteiger partial charge on any atom is 0.244 e. The predicted molar refractivity (Wildman–Crippen MR) is 117 cm³/mol. The SMILES string of the molecule is O=C1Nc2ccccc2C1(c1ccc(OI)cc1)c1ccc(OI)cc1. The van der Waals surface area contributed by atoms with E-state index in [1.165, 1.54) is 0 Å². The first-order chi connectivity index (χ1) is 12.7. The Morgan fingerprint density at radius 3 is 1.73 bits per heavy atom. The van der Waals surface area contributed by atoms with E-state index in [4.69, 9.17) is 6.13 Å². The third-order valence-electron chi connectivity index (χ3n) is 4.67. The maximum atomic E-state index is 13.3. The van der Waals surface area contributed by atoms with Crippen molar-refractivity contribution in [1.82, 2.24) is 0 Å². The van der Waals surface area contributed by atoms with Crippen molar-refractivity contribution in [2.24, 2.45) is 0 Å². The molecule has 4 rings (SSSR count). The van der Waals surface area contributed by atoms with Crippen LogP contribution in [0.3, 0.4) is 0 Å². The lowest BCUT2D eigenvalue weighted by molar-refractivity contribution is -0.118. The zero-order chi connectivity index (χ0) is 18.1. The number of hydrogen-bond donors (Lipinski definition) is 1. The molecule has 0 unspecified atom stereocenters. The minimum absolute atomic E-state index is 0.0648. The highest BCUT2D eigenvalue weighted by Gasteiger charge is 2.49. The Labute approximate surface area is 179 Å². The monoisotopic (exact) mass is 569 g/mol. The molecule has 1 N–H and O–H groups in total. The minimum Gasteiger partial charge on any atom is -0.428 e. The summed E-state index contributed by atoms with van der Waals surface area (Å²) in [5.41, 5.74) is 2.64. The van der Waals surface area contributed by atoms with E-state index in [2.05, 4.69) is 5.32 Å². The normalized spacial score (nSPS) is 14.5. The lowest BCUT2D eigenvalue weighted by Crippen LogP contribution is -2.36. The largest absolute Gasteiger partial charge is 0.428 e. The van der Waals surface area contributed by atoms with Gasteiger partial charge >= 0.3 is 0 Å². The van der Waals surface area contributed by atoms with Gasteiger partial charge in [0.1, 0.15) is 16.9 Å². The third kappa shape index (κ3) is 2.66.